The van der Waals surface area contributed by atoms with E-state index in [1.807, 2.05) is 29.8 Å². The van der Waals surface area contributed by atoms with E-state index >= 15 is 0 Å². The highest BCUT2D eigenvalue weighted by Gasteiger charge is 2.44. The van der Waals surface area contributed by atoms with Crippen molar-refractivity contribution in [1.29, 1.82) is 0 Å². The summed E-state index contributed by atoms with van der Waals surface area (Å²) in [5.41, 5.74) is 7.94. The van der Waals surface area contributed by atoms with Gasteiger partial charge in [-0.2, -0.15) is 0 Å². The topological polar surface area (TPSA) is 177 Å². The van der Waals surface area contributed by atoms with Gasteiger partial charge in [-0.3, -0.25) is 14.6 Å². The number of methoxy groups -OCH3 is 3. The maximum atomic E-state index is 14.2. The van der Waals surface area contributed by atoms with Crippen molar-refractivity contribution in [2.24, 2.45) is 16.8 Å². The number of fused-ring (bicyclic) bond motifs is 6. The lowest BCUT2D eigenvalue weighted by Crippen LogP contribution is -2.56. The van der Waals surface area contributed by atoms with Gasteiger partial charge in [0.25, 0.3) is 0 Å². The van der Waals surface area contributed by atoms with E-state index in [0.29, 0.717) is 25.5 Å². The van der Waals surface area contributed by atoms with E-state index in [2.05, 4.69) is 71.9 Å². The van der Waals surface area contributed by atoms with Crippen LogP contribution in [0.5, 0.6) is 5.75 Å². The number of likely N-dealkylation sites (tertiary alicyclic amines) is 2. The molecule has 4 amide bonds. The van der Waals surface area contributed by atoms with Crippen LogP contribution in [0.3, 0.4) is 0 Å². The summed E-state index contributed by atoms with van der Waals surface area (Å²) in [4.78, 5) is 70.1. The Morgan fingerprint density at radius 2 is 1.67 bits per heavy atom. The standard InChI is InChI=1S/C49H61N7O8/c1-9-11-28-18-41(55(24-28)46(57)44(27(5)61-6)54-49(60)63-8)38-21-35-34-22-42-36(20-29(34)13-16-37(35)51-38)33-15-12-30(19-31(33)25-64-42)39-23-50-45(52-39)40-17-14-32(10-2)56(40)47(58)43(26(3)4)53-48(59)62-7/h12-13,15-16,19-20,22-23,26-28,32,40-41,43-44H,9-11,14,17-18,21,24-25H2,1-8H3,(H,50,52)(H,53,59)(H,54,60)/t27-,28+,32+,40+,41+,43+,44+/m1/s1. The van der Waals surface area contributed by atoms with Gasteiger partial charge in [0.15, 0.2) is 0 Å². The van der Waals surface area contributed by atoms with Gasteiger partial charge in [0, 0.05) is 37.4 Å². The third-order valence-corrected chi connectivity index (χ3v) is 13.8. The molecule has 15 heteroatoms. The predicted molar refractivity (Wildman–Crippen MR) is 243 cm³/mol. The van der Waals surface area contributed by atoms with E-state index in [4.69, 9.17) is 28.9 Å². The smallest absolute Gasteiger partial charge is 0.407 e. The lowest BCUT2D eigenvalue weighted by atomic mass is 9.90. The Morgan fingerprint density at radius 1 is 0.906 bits per heavy atom. The molecule has 0 unspecified atom stereocenters. The number of ether oxygens (including phenoxy) is 4. The minimum absolute atomic E-state index is 0.0348. The molecular weight excluding hydrogens is 815 g/mol. The fraction of sp³-hybridized carbons (Fsp3) is 0.510. The Hall–Kier alpha value is -5.96. The zero-order chi connectivity index (χ0) is 45.4. The van der Waals surface area contributed by atoms with Crippen molar-refractivity contribution in [3.8, 4) is 28.1 Å². The van der Waals surface area contributed by atoms with Gasteiger partial charge in [0.1, 0.15) is 30.3 Å². The maximum Gasteiger partial charge on any atom is 0.407 e. The molecule has 0 saturated carbocycles. The van der Waals surface area contributed by atoms with E-state index in [-0.39, 0.29) is 35.9 Å². The van der Waals surface area contributed by atoms with Crippen LogP contribution >= 0.6 is 0 Å². The highest BCUT2D eigenvalue weighted by atomic mass is 16.5. The average molecular weight is 876 g/mol. The first-order chi connectivity index (χ1) is 30.9. The number of carbonyl (C=O) groups is 4. The van der Waals surface area contributed by atoms with Crippen molar-refractivity contribution in [2.75, 3.05) is 27.9 Å². The molecule has 4 aliphatic rings. The van der Waals surface area contributed by atoms with Crippen LogP contribution in [0.4, 0.5) is 15.3 Å². The highest BCUT2D eigenvalue weighted by Crippen LogP contribution is 2.45. The first kappa shape index (κ1) is 44.6. The molecule has 0 aliphatic carbocycles. The van der Waals surface area contributed by atoms with Gasteiger partial charge < -0.3 is 44.4 Å². The fourth-order valence-corrected chi connectivity index (χ4v) is 10.3. The number of aromatic amines is 1. The minimum Gasteiger partial charge on any atom is -0.488 e. The summed E-state index contributed by atoms with van der Waals surface area (Å²) in [6.45, 7) is 10.8. The lowest BCUT2D eigenvalue weighted by Gasteiger charge is -2.34. The van der Waals surface area contributed by atoms with Gasteiger partial charge in [0.2, 0.25) is 11.8 Å². The van der Waals surface area contributed by atoms with Crippen LogP contribution in [-0.2, 0) is 36.8 Å². The van der Waals surface area contributed by atoms with Crippen molar-refractivity contribution in [1.82, 2.24) is 30.4 Å². The molecule has 0 spiro atoms. The number of nitrogens with zero attached hydrogens (tertiary/aromatic N) is 4. The number of alkyl carbamates (subject to hydrolysis) is 2. The molecular formula is C49H61N7O8. The van der Waals surface area contributed by atoms with Gasteiger partial charge in [-0.1, -0.05) is 52.3 Å². The second-order valence-electron chi connectivity index (χ2n) is 18.0. The van der Waals surface area contributed by atoms with Crippen molar-refractivity contribution in [3.63, 3.8) is 0 Å². The molecule has 4 aromatic rings. The molecule has 1 aromatic heterocycles. The number of hydrogen-bond donors (Lipinski definition) is 3. The second-order valence-corrected chi connectivity index (χ2v) is 18.0. The molecule has 4 aliphatic heterocycles. The van der Waals surface area contributed by atoms with Crippen molar-refractivity contribution < 1.29 is 38.1 Å². The summed E-state index contributed by atoms with van der Waals surface area (Å²) in [6.07, 6.45) is 5.79. The minimum atomic E-state index is -0.902. The Morgan fingerprint density at radius 3 is 2.38 bits per heavy atom. The molecule has 5 heterocycles. The van der Waals surface area contributed by atoms with Gasteiger partial charge in [0.05, 0.1) is 50.0 Å². The van der Waals surface area contributed by atoms with Gasteiger partial charge >= 0.3 is 12.2 Å². The summed E-state index contributed by atoms with van der Waals surface area (Å²) in [7, 11) is 4.11. The summed E-state index contributed by atoms with van der Waals surface area (Å²) in [5.74, 6) is 1.38. The van der Waals surface area contributed by atoms with Crippen LogP contribution in [0.25, 0.3) is 33.2 Å². The summed E-state index contributed by atoms with van der Waals surface area (Å²) in [5, 5.41) is 7.62. The van der Waals surface area contributed by atoms with Gasteiger partial charge in [-0.05, 0) is 108 Å². The highest BCUT2D eigenvalue weighted by molar-refractivity contribution is 6.06. The number of imidazole rings is 1. The normalized spacial score (nSPS) is 21.4. The Kier molecular flexibility index (Phi) is 13.0. The van der Waals surface area contributed by atoms with E-state index in [1.165, 1.54) is 21.3 Å². The molecule has 3 N–H and O–H groups in total. The SMILES string of the molecule is CCC[C@H]1C[C@@H](C2=Nc3ccc4cc5c(cc4c3C2)OCc2cc(-c3cnc([C@@H]4CC[C@H](CC)N4C(=O)[C@@H](NC(=O)OC)C(C)C)[nH]3)ccc2-5)N(C(=O)[C@@H](NC(=O)OC)[C@@H](C)OC)C1. The number of amides is 4. The number of aliphatic imine (C=N–C) groups is 1. The molecule has 2 fully saturated rings. The first-order valence-corrected chi connectivity index (χ1v) is 22.7. The molecule has 15 nitrogen and oxygen atoms in total. The van der Waals surface area contributed by atoms with Crippen molar-refractivity contribution in [3.05, 3.63) is 65.6 Å². The molecule has 0 radical (unpaired) electrons. The van der Waals surface area contributed by atoms with Crippen LogP contribution in [0, 0.1) is 11.8 Å². The molecule has 7 atom stereocenters. The number of carbonyl (C=O) groups excluding carboxylic acids is 4. The van der Waals surface area contributed by atoms with Crippen molar-refractivity contribution in [2.45, 2.75) is 122 Å². The summed E-state index contributed by atoms with van der Waals surface area (Å²) in [6, 6.07) is 12.8. The van der Waals surface area contributed by atoms with E-state index < -0.39 is 30.4 Å². The lowest BCUT2D eigenvalue weighted by molar-refractivity contribution is -0.138. The van der Waals surface area contributed by atoms with Crippen LogP contribution in [-0.4, -0.2) is 108 Å². The molecule has 8 rings (SSSR count). The van der Waals surface area contributed by atoms with Crippen LogP contribution in [0.2, 0.25) is 0 Å². The van der Waals surface area contributed by atoms with Gasteiger partial charge in [-0.15, -0.1) is 0 Å². The predicted octanol–water partition coefficient (Wildman–Crippen LogP) is 8.02. The number of benzene rings is 3. The molecule has 3 aromatic carbocycles. The monoisotopic (exact) mass is 875 g/mol. The number of nitrogens with one attached hydrogen (secondary N) is 3. The zero-order valence-electron chi connectivity index (χ0n) is 38.2. The van der Waals surface area contributed by atoms with Crippen LogP contribution in [0.15, 0.2) is 53.7 Å². The number of rotatable bonds is 13. The Bertz CT molecular complexity index is 2460. The number of hydrogen-bond acceptors (Lipinski definition) is 10. The first-order valence-electron chi connectivity index (χ1n) is 22.7. The third-order valence-electron chi connectivity index (χ3n) is 13.8. The zero-order valence-corrected chi connectivity index (χ0v) is 38.2. The van der Waals surface area contributed by atoms with Gasteiger partial charge in [-0.25, -0.2) is 14.6 Å². The maximum absolute atomic E-state index is 14.2. The number of H-pyrrole nitrogens is 1. The summed E-state index contributed by atoms with van der Waals surface area (Å²) < 4.78 is 21.7. The molecule has 2 saturated heterocycles. The van der Waals surface area contributed by atoms with Crippen LogP contribution < -0.4 is 15.4 Å². The Labute approximate surface area is 374 Å². The number of aromatic nitrogens is 2. The van der Waals surface area contributed by atoms with Crippen molar-refractivity contribution >= 4 is 46.2 Å². The quantitative estimate of drug-likeness (QED) is 0.120. The Balaban J connectivity index is 1.02. The van der Waals surface area contributed by atoms with Crippen LogP contribution in [0.1, 0.15) is 96.1 Å². The molecule has 340 valence electrons. The average Bonchev–Trinajstić information content (AvgIpc) is 4.14. The van der Waals surface area contributed by atoms with E-state index in [1.54, 1.807) is 6.92 Å². The fourth-order valence-electron chi connectivity index (χ4n) is 10.3. The van der Waals surface area contributed by atoms with E-state index in [0.717, 1.165) is 106 Å². The molecule has 64 heavy (non-hydrogen) atoms. The largest absolute Gasteiger partial charge is 0.488 e. The molecule has 0 bridgehead atoms. The second kappa shape index (κ2) is 18.6. The van der Waals surface area contributed by atoms with E-state index in [9.17, 15) is 19.2 Å². The third kappa shape index (κ3) is 8.41. The summed E-state index contributed by atoms with van der Waals surface area (Å²) >= 11 is 0.